The van der Waals surface area contributed by atoms with Gasteiger partial charge in [0.15, 0.2) is 11.5 Å². The van der Waals surface area contributed by atoms with Gasteiger partial charge in [-0.25, -0.2) is 0 Å². The first-order valence-corrected chi connectivity index (χ1v) is 9.19. The lowest BCUT2D eigenvalue weighted by molar-refractivity contribution is -0.121. The molecule has 26 heavy (non-hydrogen) atoms. The lowest BCUT2D eigenvalue weighted by Crippen LogP contribution is -2.28. The van der Waals surface area contributed by atoms with E-state index in [-0.39, 0.29) is 5.91 Å². The molecule has 0 spiro atoms. The molecule has 2 aliphatic rings. The van der Waals surface area contributed by atoms with E-state index in [0.717, 1.165) is 48.8 Å². The van der Waals surface area contributed by atoms with E-state index in [1.165, 1.54) is 5.69 Å². The first-order valence-electron chi connectivity index (χ1n) is 9.19. The fourth-order valence-electron chi connectivity index (χ4n) is 3.22. The Balaban J connectivity index is 1.27. The van der Waals surface area contributed by atoms with Crippen LogP contribution in [0.15, 0.2) is 24.3 Å². The number of hydrogen-bond acceptors (Lipinski definition) is 5. The molecule has 2 aliphatic heterocycles. The molecule has 2 N–H and O–H groups in total. The lowest BCUT2D eigenvalue weighted by atomic mass is 10.2. The Bertz CT molecular complexity index is 764. The lowest BCUT2D eigenvalue weighted by Gasteiger charge is -2.13. The second-order valence-electron chi connectivity index (χ2n) is 6.64. The SMILES string of the molecule is O=C(CCc1cc2n(n1)CCNC2)NCc1ccc2c(c1)OCCCO2. The molecular formula is C19H24N4O3. The monoisotopic (exact) mass is 356 g/mol. The van der Waals surface area contributed by atoms with Crippen molar-refractivity contribution in [3.05, 3.63) is 41.2 Å². The van der Waals surface area contributed by atoms with Gasteiger partial charge >= 0.3 is 0 Å². The van der Waals surface area contributed by atoms with Crippen LogP contribution < -0.4 is 20.1 Å². The quantitative estimate of drug-likeness (QED) is 0.847. The van der Waals surface area contributed by atoms with Gasteiger partial charge in [0, 0.05) is 38.9 Å². The van der Waals surface area contributed by atoms with E-state index in [1.54, 1.807) is 0 Å². The van der Waals surface area contributed by atoms with Crippen molar-refractivity contribution in [1.82, 2.24) is 20.4 Å². The Morgan fingerprint density at radius 3 is 3.00 bits per heavy atom. The Morgan fingerprint density at radius 2 is 2.12 bits per heavy atom. The summed E-state index contributed by atoms with van der Waals surface area (Å²) in [6.45, 7) is 4.52. The molecule has 0 atom stereocenters. The van der Waals surface area contributed by atoms with Crippen molar-refractivity contribution in [2.75, 3.05) is 19.8 Å². The zero-order chi connectivity index (χ0) is 17.8. The minimum atomic E-state index is 0.0289. The van der Waals surface area contributed by atoms with E-state index >= 15 is 0 Å². The van der Waals surface area contributed by atoms with Gasteiger partial charge in [0.1, 0.15) is 0 Å². The summed E-state index contributed by atoms with van der Waals surface area (Å²) in [7, 11) is 0. The van der Waals surface area contributed by atoms with Gasteiger partial charge in [-0.15, -0.1) is 0 Å². The number of ether oxygens (including phenoxy) is 2. The molecule has 0 saturated heterocycles. The maximum atomic E-state index is 12.2. The van der Waals surface area contributed by atoms with Crippen LogP contribution in [0.2, 0.25) is 0 Å². The smallest absolute Gasteiger partial charge is 0.220 e. The molecule has 1 aromatic carbocycles. The third-order valence-electron chi connectivity index (χ3n) is 4.63. The second-order valence-corrected chi connectivity index (χ2v) is 6.64. The molecule has 7 nitrogen and oxygen atoms in total. The Labute approximate surface area is 152 Å². The summed E-state index contributed by atoms with van der Waals surface area (Å²) >= 11 is 0. The third-order valence-corrected chi connectivity index (χ3v) is 4.63. The molecule has 1 aromatic heterocycles. The summed E-state index contributed by atoms with van der Waals surface area (Å²) in [5, 5.41) is 10.9. The van der Waals surface area contributed by atoms with Crippen LogP contribution in [0.5, 0.6) is 11.5 Å². The number of aromatic nitrogens is 2. The number of rotatable bonds is 5. The van der Waals surface area contributed by atoms with Crippen LogP contribution in [0.3, 0.4) is 0 Å². The number of benzene rings is 1. The highest BCUT2D eigenvalue weighted by atomic mass is 16.5. The molecule has 0 unspecified atom stereocenters. The molecule has 138 valence electrons. The number of carbonyl (C=O) groups excluding carboxylic acids is 1. The number of amides is 1. The van der Waals surface area contributed by atoms with Gasteiger partial charge in [-0.2, -0.15) is 5.10 Å². The maximum absolute atomic E-state index is 12.2. The number of fused-ring (bicyclic) bond motifs is 2. The fourth-order valence-corrected chi connectivity index (χ4v) is 3.22. The van der Waals surface area contributed by atoms with Gasteiger partial charge in [-0.3, -0.25) is 9.48 Å². The summed E-state index contributed by atoms with van der Waals surface area (Å²) in [4.78, 5) is 12.2. The standard InChI is InChI=1S/C19H24N4O3/c24-19(5-3-15-11-16-13-20-6-7-23(16)22-15)21-12-14-2-4-17-18(10-14)26-9-1-8-25-17/h2,4,10-11,20H,1,3,5-9,12-13H2,(H,21,24). The molecular weight excluding hydrogens is 332 g/mol. The van der Waals surface area contributed by atoms with E-state index in [1.807, 2.05) is 22.9 Å². The van der Waals surface area contributed by atoms with Crippen LogP contribution >= 0.6 is 0 Å². The maximum Gasteiger partial charge on any atom is 0.220 e. The van der Waals surface area contributed by atoms with Crippen LogP contribution in [0.25, 0.3) is 0 Å². The van der Waals surface area contributed by atoms with Crippen molar-refractivity contribution in [3.8, 4) is 11.5 Å². The largest absolute Gasteiger partial charge is 0.490 e. The predicted molar refractivity (Wildman–Crippen MR) is 96.2 cm³/mol. The molecule has 0 saturated carbocycles. The zero-order valence-electron chi connectivity index (χ0n) is 14.8. The highest BCUT2D eigenvalue weighted by molar-refractivity contribution is 5.76. The predicted octanol–water partition coefficient (Wildman–Crippen LogP) is 1.40. The van der Waals surface area contributed by atoms with Crippen LogP contribution in [0.4, 0.5) is 0 Å². The highest BCUT2D eigenvalue weighted by Crippen LogP contribution is 2.30. The molecule has 1 amide bonds. The minimum absolute atomic E-state index is 0.0289. The van der Waals surface area contributed by atoms with Gasteiger partial charge in [0.05, 0.1) is 31.1 Å². The first kappa shape index (κ1) is 16.9. The number of nitrogens with one attached hydrogen (secondary N) is 2. The van der Waals surface area contributed by atoms with Crippen LogP contribution in [0.1, 0.15) is 29.8 Å². The van der Waals surface area contributed by atoms with Crippen molar-refractivity contribution in [3.63, 3.8) is 0 Å². The Kier molecular flexibility index (Phi) is 5.06. The molecule has 3 heterocycles. The summed E-state index contributed by atoms with van der Waals surface area (Å²) in [5.41, 5.74) is 3.18. The summed E-state index contributed by atoms with van der Waals surface area (Å²) in [6.07, 6.45) is 1.98. The molecule has 2 aromatic rings. The zero-order valence-corrected chi connectivity index (χ0v) is 14.8. The normalized spacial score (nSPS) is 15.8. The van der Waals surface area contributed by atoms with E-state index < -0.39 is 0 Å². The number of nitrogens with zero attached hydrogens (tertiary/aromatic N) is 2. The van der Waals surface area contributed by atoms with Crippen molar-refractivity contribution < 1.29 is 14.3 Å². The van der Waals surface area contributed by atoms with Crippen molar-refractivity contribution in [2.24, 2.45) is 0 Å². The molecule has 0 aliphatic carbocycles. The summed E-state index contributed by atoms with van der Waals surface area (Å²) < 4.78 is 13.3. The van der Waals surface area contributed by atoms with E-state index in [0.29, 0.717) is 32.6 Å². The highest BCUT2D eigenvalue weighted by Gasteiger charge is 2.13. The fraction of sp³-hybridized carbons (Fsp3) is 0.474. The first-order chi connectivity index (χ1) is 12.8. The Morgan fingerprint density at radius 1 is 1.23 bits per heavy atom. The molecule has 0 bridgehead atoms. The van der Waals surface area contributed by atoms with Crippen molar-refractivity contribution >= 4 is 5.91 Å². The van der Waals surface area contributed by atoms with E-state index in [4.69, 9.17) is 9.47 Å². The van der Waals surface area contributed by atoms with Crippen molar-refractivity contribution in [1.29, 1.82) is 0 Å². The van der Waals surface area contributed by atoms with Gasteiger partial charge in [0.2, 0.25) is 5.91 Å². The number of aryl methyl sites for hydroxylation is 1. The molecule has 7 heteroatoms. The molecule has 0 radical (unpaired) electrons. The van der Waals surface area contributed by atoms with Crippen LogP contribution in [-0.4, -0.2) is 35.4 Å². The molecule has 0 fully saturated rings. The average Bonchev–Trinajstić information content (AvgIpc) is 2.94. The Hall–Kier alpha value is -2.54. The van der Waals surface area contributed by atoms with E-state index in [2.05, 4.69) is 21.8 Å². The van der Waals surface area contributed by atoms with E-state index in [9.17, 15) is 4.79 Å². The van der Waals surface area contributed by atoms with Crippen LogP contribution in [-0.2, 0) is 30.8 Å². The topological polar surface area (TPSA) is 77.4 Å². The van der Waals surface area contributed by atoms with Gasteiger partial charge < -0.3 is 20.1 Å². The minimum Gasteiger partial charge on any atom is -0.490 e. The van der Waals surface area contributed by atoms with Crippen LogP contribution in [0, 0.1) is 0 Å². The number of carbonyl (C=O) groups is 1. The third kappa shape index (κ3) is 3.99. The van der Waals surface area contributed by atoms with Gasteiger partial charge in [-0.05, 0) is 23.8 Å². The number of hydrogen-bond donors (Lipinski definition) is 2. The second kappa shape index (κ2) is 7.78. The van der Waals surface area contributed by atoms with Crippen molar-refractivity contribution in [2.45, 2.75) is 38.9 Å². The summed E-state index contributed by atoms with van der Waals surface area (Å²) in [5.74, 6) is 1.56. The van der Waals surface area contributed by atoms with Gasteiger partial charge in [-0.1, -0.05) is 6.07 Å². The summed E-state index contributed by atoms with van der Waals surface area (Å²) in [6, 6.07) is 7.90. The average molecular weight is 356 g/mol. The van der Waals surface area contributed by atoms with Gasteiger partial charge in [0.25, 0.3) is 0 Å². The molecule has 4 rings (SSSR count).